The number of methoxy groups -OCH3 is 4. The maximum Gasteiger partial charge on any atom is 0.338 e. The van der Waals surface area contributed by atoms with Crippen molar-refractivity contribution in [3.8, 4) is 0 Å². The standard InChI is InChI=1S/C34H47NO11/c1-7-35-16-30(17-41-3)14-13-20(42-4)33-23(30)22(43-5)21(25(33)35)34(46-18(2)36)24-27(45-29(38)19-11-9-8-10-12-19)31(39,15-32(24,33)40)28(44-6)26(34)37/h8-12,20-28,37,39-40H,7,13-17H2,1-6H3/t20?,21-,22?,23+,24-,25+,26?,27?,28?,30-,31-,32-,33+,34-/m0/s1. The molecule has 12 nitrogen and oxygen atoms in total. The Balaban J connectivity index is 1.55. The smallest absolute Gasteiger partial charge is 0.338 e. The summed E-state index contributed by atoms with van der Waals surface area (Å²) in [7, 11) is 6.26. The first-order valence-electron chi connectivity index (χ1n) is 16.3. The van der Waals surface area contributed by atoms with Crippen LogP contribution in [0.4, 0.5) is 0 Å². The molecule has 1 saturated heterocycles. The van der Waals surface area contributed by atoms with Gasteiger partial charge in [-0.2, -0.15) is 0 Å². The SMILES string of the molecule is CCN1C[C@]2(COC)CCC(OC)[C@@]34[C@@H]2C(OC)[C@@H]([C@@H]13)[C@@]1(OC(C)=O)C(O)C(OC)[C@]2(O)C[C@]4(O)[C@@H]1C2OC(=O)c1ccccc1. The van der Waals surface area contributed by atoms with E-state index in [-0.39, 0.29) is 17.9 Å². The number of carbonyl (C=O) groups is 2. The lowest BCUT2D eigenvalue weighted by atomic mass is 9.41. The first kappa shape index (κ1) is 32.4. The van der Waals surface area contributed by atoms with E-state index in [0.29, 0.717) is 26.1 Å². The van der Waals surface area contributed by atoms with Gasteiger partial charge in [0, 0.05) is 77.0 Å². The molecule has 1 aromatic carbocycles. The molecule has 6 fully saturated rings. The lowest BCUT2D eigenvalue weighted by Gasteiger charge is -2.71. The number of rotatable bonds is 9. The van der Waals surface area contributed by atoms with Crippen LogP contribution >= 0.6 is 0 Å². The second-order valence-corrected chi connectivity index (χ2v) is 14.5. The molecule has 7 bridgehead atoms. The second-order valence-electron chi connectivity index (χ2n) is 14.5. The van der Waals surface area contributed by atoms with Crippen molar-refractivity contribution in [2.45, 2.75) is 86.5 Å². The van der Waals surface area contributed by atoms with Crippen LogP contribution in [0.5, 0.6) is 0 Å². The third kappa shape index (κ3) is 3.52. The molecule has 1 aromatic rings. The van der Waals surface area contributed by atoms with Gasteiger partial charge in [-0.1, -0.05) is 25.1 Å². The van der Waals surface area contributed by atoms with Crippen molar-refractivity contribution in [3.05, 3.63) is 35.9 Å². The summed E-state index contributed by atoms with van der Waals surface area (Å²) in [5.41, 5.74) is -7.17. The molecule has 5 aliphatic carbocycles. The Morgan fingerprint density at radius 3 is 2.30 bits per heavy atom. The van der Waals surface area contributed by atoms with Gasteiger partial charge in [0.2, 0.25) is 0 Å². The Kier molecular flexibility index (Phi) is 7.51. The van der Waals surface area contributed by atoms with Crippen molar-refractivity contribution in [1.82, 2.24) is 4.90 Å². The number of nitrogens with zero attached hydrogens (tertiary/aromatic N) is 1. The van der Waals surface area contributed by atoms with Crippen LogP contribution < -0.4 is 0 Å². The van der Waals surface area contributed by atoms with E-state index in [2.05, 4.69) is 4.90 Å². The maximum atomic E-state index is 13.8. The van der Waals surface area contributed by atoms with Gasteiger partial charge >= 0.3 is 11.9 Å². The molecule has 46 heavy (non-hydrogen) atoms. The van der Waals surface area contributed by atoms with Gasteiger partial charge in [-0.15, -0.1) is 0 Å². The van der Waals surface area contributed by atoms with Crippen LogP contribution in [-0.4, -0.2) is 134 Å². The van der Waals surface area contributed by atoms with Gasteiger partial charge in [-0.25, -0.2) is 4.79 Å². The minimum Gasteiger partial charge on any atom is -0.455 e. The molecule has 14 atom stereocenters. The van der Waals surface area contributed by atoms with Crippen molar-refractivity contribution in [1.29, 1.82) is 0 Å². The van der Waals surface area contributed by atoms with E-state index in [4.69, 9.17) is 28.4 Å². The normalized spacial score (nSPS) is 49.9. The first-order valence-corrected chi connectivity index (χ1v) is 16.3. The van der Waals surface area contributed by atoms with Crippen molar-refractivity contribution in [3.63, 3.8) is 0 Å². The molecule has 3 N–H and O–H groups in total. The number of esters is 2. The number of aliphatic hydroxyl groups excluding tert-OH is 1. The van der Waals surface area contributed by atoms with Crippen molar-refractivity contribution in [2.75, 3.05) is 48.1 Å². The number of hydrogen-bond donors (Lipinski definition) is 3. The Labute approximate surface area is 269 Å². The van der Waals surface area contributed by atoms with Crippen LogP contribution in [0.25, 0.3) is 0 Å². The number of aliphatic hydroxyl groups is 3. The third-order valence-corrected chi connectivity index (χ3v) is 13.1. The monoisotopic (exact) mass is 645 g/mol. The maximum absolute atomic E-state index is 13.8. The molecule has 0 amide bonds. The van der Waals surface area contributed by atoms with E-state index >= 15 is 0 Å². The van der Waals surface area contributed by atoms with Crippen LogP contribution in [-0.2, 0) is 33.2 Å². The summed E-state index contributed by atoms with van der Waals surface area (Å²) in [6, 6.07) is 7.88. The summed E-state index contributed by atoms with van der Waals surface area (Å²) in [6.07, 6.45) is -4.53. The van der Waals surface area contributed by atoms with Crippen LogP contribution in [0.2, 0.25) is 0 Å². The van der Waals surface area contributed by atoms with Crippen LogP contribution in [0.1, 0.15) is 43.5 Å². The molecule has 5 saturated carbocycles. The minimum absolute atomic E-state index is 0.251. The summed E-state index contributed by atoms with van der Waals surface area (Å²) in [4.78, 5) is 29.3. The van der Waals surface area contributed by atoms with E-state index in [1.807, 2.05) is 6.92 Å². The molecule has 1 spiro atoms. The highest BCUT2D eigenvalue weighted by molar-refractivity contribution is 5.89. The van der Waals surface area contributed by atoms with E-state index < -0.39 is 88.0 Å². The third-order valence-electron chi connectivity index (χ3n) is 13.1. The number of benzene rings is 1. The molecule has 7 rings (SSSR count). The largest absolute Gasteiger partial charge is 0.455 e. The second kappa shape index (κ2) is 10.7. The molecule has 1 heterocycles. The predicted molar refractivity (Wildman–Crippen MR) is 161 cm³/mol. The number of fused-ring (bicyclic) bond motifs is 2. The lowest BCUT2D eigenvalue weighted by Crippen LogP contribution is -2.85. The number of piperidine rings is 1. The molecule has 0 aromatic heterocycles. The number of likely N-dealkylation sites (tertiary alicyclic amines) is 1. The average molecular weight is 646 g/mol. The van der Waals surface area contributed by atoms with Gasteiger partial charge in [0.15, 0.2) is 5.60 Å². The van der Waals surface area contributed by atoms with Gasteiger partial charge in [0.1, 0.15) is 23.9 Å². The zero-order valence-electron chi connectivity index (χ0n) is 27.4. The predicted octanol–water partition coefficient (Wildman–Crippen LogP) is 0.792. The average Bonchev–Trinajstić information content (AvgIpc) is 3.38. The van der Waals surface area contributed by atoms with E-state index in [1.165, 1.54) is 14.0 Å². The highest BCUT2D eigenvalue weighted by Gasteiger charge is 2.96. The van der Waals surface area contributed by atoms with Gasteiger partial charge in [0.05, 0.1) is 35.9 Å². The van der Waals surface area contributed by atoms with E-state index in [1.54, 1.807) is 51.7 Å². The Morgan fingerprint density at radius 2 is 1.72 bits per heavy atom. The summed E-state index contributed by atoms with van der Waals surface area (Å²) >= 11 is 0. The van der Waals surface area contributed by atoms with Crippen molar-refractivity contribution in [2.24, 2.45) is 28.6 Å². The van der Waals surface area contributed by atoms with Crippen LogP contribution in [0.15, 0.2) is 30.3 Å². The Morgan fingerprint density at radius 1 is 1.00 bits per heavy atom. The fraction of sp³-hybridized carbons (Fsp3) is 0.765. The summed E-state index contributed by atoms with van der Waals surface area (Å²) in [5, 5.41) is 39.1. The fourth-order valence-corrected chi connectivity index (χ4v) is 12.4. The number of hydrogen-bond acceptors (Lipinski definition) is 12. The van der Waals surface area contributed by atoms with Gasteiger partial charge in [0.25, 0.3) is 0 Å². The quantitative estimate of drug-likeness (QED) is 0.326. The zero-order chi connectivity index (χ0) is 33.0. The Hall–Kier alpha value is -2.16. The van der Waals surface area contributed by atoms with E-state index in [9.17, 15) is 24.9 Å². The summed E-state index contributed by atoms with van der Waals surface area (Å²) in [5.74, 6) is -3.76. The molecular weight excluding hydrogens is 598 g/mol. The van der Waals surface area contributed by atoms with Crippen LogP contribution in [0, 0.1) is 28.6 Å². The summed E-state index contributed by atoms with van der Waals surface area (Å²) < 4.78 is 37.3. The molecule has 5 unspecified atom stereocenters. The number of ether oxygens (including phenoxy) is 6. The Bertz CT molecular complexity index is 1380. The topological polar surface area (TPSA) is 153 Å². The molecule has 254 valence electrons. The van der Waals surface area contributed by atoms with Crippen molar-refractivity contribution < 1.29 is 53.3 Å². The molecular formula is C34H47NO11. The highest BCUT2D eigenvalue weighted by atomic mass is 16.6. The van der Waals surface area contributed by atoms with Gasteiger partial charge < -0.3 is 43.7 Å². The lowest BCUT2D eigenvalue weighted by molar-refractivity contribution is -0.347. The number of carbonyl (C=O) groups excluding carboxylic acids is 2. The first-order chi connectivity index (χ1) is 21.9. The fourth-order valence-electron chi connectivity index (χ4n) is 12.4. The molecule has 12 heteroatoms. The van der Waals surface area contributed by atoms with Gasteiger partial charge in [-0.05, 0) is 31.5 Å². The highest BCUT2D eigenvalue weighted by Crippen LogP contribution is 2.81. The van der Waals surface area contributed by atoms with Gasteiger partial charge in [-0.3, -0.25) is 9.69 Å². The molecule has 0 radical (unpaired) electrons. The van der Waals surface area contributed by atoms with Crippen LogP contribution in [0.3, 0.4) is 0 Å². The zero-order valence-corrected chi connectivity index (χ0v) is 27.4. The van der Waals surface area contributed by atoms with Crippen molar-refractivity contribution >= 4 is 11.9 Å². The molecule has 6 aliphatic rings. The molecule has 1 aliphatic heterocycles. The summed E-state index contributed by atoms with van der Waals surface area (Å²) in [6.45, 7) is 4.91. The van der Waals surface area contributed by atoms with E-state index in [0.717, 1.165) is 6.42 Å². The minimum atomic E-state index is -2.05.